The van der Waals surface area contributed by atoms with Gasteiger partial charge in [-0.2, -0.15) is 0 Å². The van der Waals surface area contributed by atoms with Crippen LogP contribution in [0.1, 0.15) is 12.0 Å². The summed E-state index contributed by atoms with van der Waals surface area (Å²) in [5.74, 6) is 0.762. The maximum atomic E-state index is 13.3. The predicted molar refractivity (Wildman–Crippen MR) is 122 cm³/mol. The first-order chi connectivity index (χ1) is 15.6. The zero-order chi connectivity index (χ0) is 22.2. The van der Waals surface area contributed by atoms with E-state index in [1.54, 1.807) is 36.2 Å². The largest absolute Gasteiger partial charge is 0.497 e. The van der Waals surface area contributed by atoms with Crippen LogP contribution in [-0.4, -0.2) is 27.7 Å². The fraction of sp³-hybridized carbons (Fsp3) is 0.200. The van der Waals surface area contributed by atoms with Crippen LogP contribution in [0.4, 0.5) is 8.78 Å². The molecule has 5 aromatic rings. The maximum absolute atomic E-state index is 13.3. The van der Waals surface area contributed by atoms with Crippen molar-refractivity contribution in [2.45, 2.75) is 25.9 Å². The summed E-state index contributed by atoms with van der Waals surface area (Å²) in [6.45, 7) is 0.620. The van der Waals surface area contributed by atoms with Gasteiger partial charge < -0.3 is 13.9 Å². The maximum Gasteiger partial charge on any atom is 0.258 e. The van der Waals surface area contributed by atoms with Crippen LogP contribution < -0.4 is 10.3 Å². The van der Waals surface area contributed by atoms with Gasteiger partial charge in [-0.25, -0.2) is 8.78 Å². The zero-order valence-electron chi connectivity index (χ0n) is 17.5. The van der Waals surface area contributed by atoms with E-state index in [1.807, 2.05) is 47.0 Å². The molecule has 0 unspecified atom stereocenters. The van der Waals surface area contributed by atoms with E-state index < -0.39 is 6.43 Å². The van der Waals surface area contributed by atoms with Crippen molar-refractivity contribution in [1.29, 1.82) is 0 Å². The molecule has 162 valence electrons. The Kier molecular flexibility index (Phi) is 5.09. The molecule has 2 aromatic carbocycles. The van der Waals surface area contributed by atoms with Gasteiger partial charge in [-0.05, 0) is 48.0 Å². The normalized spacial score (nSPS) is 11.8. The highest BCUT2D eigenvalue weighted by Crippen LogP contribution is 2.33. The summed E-state index contributed by atoms with van der Waals surface area (Å²) in [5, 5.41) is 2.17. The zero-order valence-corrected chi connectivity index (χ0v) is 17.5. The minimum atomic E-state index is -2.38. The summed E-state index contributed by atoms with van der Waals surface area (Å²) in [4.78, 5) is 17.8. The minimum Gasteiger partial charge on any atom is -0.497 e. The lowest BCUT2D eigenvalue weighted by molar-refractivity contribution is 0.132. The summed E-state index contributed by atoms with van der Waals surface area (Å²) < 4.78 is 34.6. The number of rotatable bonds is 6. The molecular weight excluding hydrogens is 412 g/mol. The molecule has 0 aliphatic carbocycles. The average Bonchev–Trinajstić information content (AvgIpc) is 3.14. The number of methoxy groups -OCH3 is 1. The molecule has 5 rings (SSSR count). The number of nitrogens with zero attached hydrogens (tertiary/aromatic N) is 3. The summed E-state index contributed by atoms with van der Waals surface area (Å²) in [7, 11) is 1.61. The van der Waals surface area contributed by atoms with E-state index in [9.17, 15) is 13.6 Å². The Morgan fingerprint density at radius 2 is 1.81 bits per heavy atom. The number of aromatic nitrogens is 3. The summed E-state index contributed by atoms with van der Waals surface area (Å²) >= 11 is 0. The quantitative estimate of drug-likeness (QED) is 0.369. The first-order valence-corrected chi connectivity index (χ1v) is 10.4. The first-order valence-electron chi connectivity index (χ1n) is 10.4. The Morgan fingerprint density at radius 1 is 1.00 bits per heavy atom. The molecule has 0 amide bonds. The summed E-state index contributed by atoms with van der Waals surface area (Å²) in [6, 6.07) is 16.8. The van der Waals surface area contributed by atoms with E-state index in [1.165, 1.54) is 0 Å². The number of hydrogen-bond acceptors (Lipinski definition) is 3. The molecule has 3 aromatic heterocycles. The molecule has 5 nitrogen and oxygen atoms in total. The van der Waals surface area contributed by atoms with Crippen LogP contribution in [0.5, 0.6) is 5.75 Å². The van der Waals surface area contributed by atoms with Crippen LogP contribution in [0, 0.1) is 0 Å². The van der Waals surface area contributed by atoms with E-state index in [2.05, 4.69) is 4.98 Å². The van der Waals surface area contributed by atoms with Crippen LogP contribution in [0.25, 0.3) is 32.7 Å². The number of fused-ring (bicyclic) bond motifs is 5. The highest BCUT2D eigenvalue weighted by atomic mass is 19.3. The van der Waals surface area contributed by atoms with Crippen molar-refractivity contribution in [3.05, 3.63) is 82.9 Å². The first kappa shape index (κ1) is 20.2. The van der Waals surface area contributed by atoms with Crippen LogP contribution in [0.3, 0.4) is 0 Å². The lowest BCUT2D eigenvalue weighted by Gasteiger charge is -2.10. The summed E-state index contributed by atoms with van der Waals surface area (Å²) in [6.07, 6.45) is 0.836. The number of hydrogen-bond donors (Lipinski definition) is 0. The van der Waals surface area contributed by atoms with Crippen molar-refractivity contribution in [3.63, 3.8) is 0 Å². The molecule has 0 aliphatic rings. The molecule has 0 bridgehead atoms. The minimum absolute atomic E-state index is 0.107. The number of aryl methyl sites for hydroxylation is 1. The lowest BCUT2D eigenvalue weighted by atomic mass is 10.1. The van der Waals surface area contributed by atoms with E-state index in [0.29, 0.717) is 11.9 Å². The molecule has 0 saturated carbocycles. The van der Waals surface area contributed by atoms with Crippen molar-refractivity contribution in [1.82, 2.24) is 14.1 Å². The van der Waals surface area contributed by atoms with Crippen molar-refractivity contribution in [2.75, 3.05) is 7.11 Å². The molecule has 0 atom stereocenters. The van der Waals surface area contributed by atoms with Gasteiger partial charge in [0.1, 0.15) is 5.75 Å². The third-order valence-electron chi connectivity index (χ3n) is 5.82. The van der Waals surface area contributed by atoms with Gasteiger partial charge in [0.2, 0.25) is 6.43 Å². The highest BCUT2D eigenvalue weighted by molar-refractivity contribution is 6.19. The molecule has 0 radical (unpaired) electrons. The van der Waals surface area contributed by atoms with Gasteiger partial charge in [0.25, 0.3) is 5.56 Å². The van der Waals surface area contributed by atoms with Gasteiger partial charge in [-0.3, -0.25) is 9.78 Å². The fourth-order valence-corrected chi connectivity index (χ4v) is 4.29. The van der Waals surface area contributed by atoms with Crippen LogP contribution in [0.2, 0.25) is 0 Å². The smallest absolute Gasteiger partial charge is 0.258 e. The molecule has 0 fully saturated rings. The Balaban J connectivity index is 1.66. The second-order valence-electron chi connectivity index (χ2n) is 7.72. The lowest BCUT2D eigenvalue weighted by Crippen LogP contribution is -2.20. The Labute approximate surface area is 182 Å². The monoisotopic (exact) mass is 433 g/mol. The van der Waals surface area contributed by atoms with E-state index in [-0.39, 0.29) is 18.5 Å². The standard InChI is InChI=1S/C25H21F2N3O2/c1-32-17-6-4-16(5-7-17)15-29-13-10-18-19(25(29)31)8-9-20-23(18)24-21(3-2-12-28-24)30(20)14-11-22(26)27/h2-10,12-13,22H,11,14-15H2,1H3. The molecule has 32 heavy (non-hydrogen) atoms. The molecule has 0 spiro atoms. The molecule has 0 aliphatic heterocycles. The third kappa shape index (κ3) is 3.39. The van der Waals surface area contributed by atoms with E-state index in [4.69, 9.17) is 4.74 Å². The number of benzene rings is 2. The second-order valence-corrected chi connectivity index (χ2v) is 7.72. The Morgan fingerprint density at radius 3 is 2.56 bits per heavy atom. The molecule has 0 N–H and O–H groups in total. The average molecular weight is 433 g/mol. The van der Waals surface area contributed by atoms with Crippen molar-refractivity contribution >= 4 is 32.7 Å². The van der Waals surface area contributed by atoms with Gasteiger partial charge in [-0.1, -0.05) is 12.1 Å². The van der Waals surface area contributed by atoms with Gasteiger partial charge >= 0.3 is 0 Å². The number of ether oxygens (including phenoxy) is 1. The molecule has 3 heterocycles. The van der Waals surface area contributed by atoms with Gasteiger partial charge in [-0.15, -0.1) is 0 Å². The van der Waals surface area contributed by atoms with Gasteiger partial charge in [0, 0.05) is 41.5 Å². The molecule has 0 saturated heterocycles. The summed E-state index contributed by atoms with van der Waals surface area (Å²) in [5.41, 5.74) is 3.19. The molecular formula is C25H21F2N3O2. The SMILES string of the molecule is COc1ccc(Cn2ccc3c(ccc4c3c3ncccc3n4CCC(F)F)c2=O)cc1. The number of halogens is 2. The van der Waals surface area contributed by atoms with Gasteiger partial charge in [0.15, 0.2) is 0 Å². The second kappa shape index (κ2) is 8.07. The highest BCUT2D eigenvalue weighted by Gasteiger charge is 2.17. The predicted octanol–water partition coefficient (Wildman–Crippen LogP) is 5.22. The fourth-order valence-electron chi connectivity index (χ4n) is 4.29. The van der Waals surface area contributed by atoms with Crippen molar-refractivity contribution < 1.29 is 13.5 Å². The Bertz CT molecular complexity index is 1490. The van der Waals surface area contributed by atoms with Gasteiger partial charge in [0.05, 0.1) is 30.2 Å². The van der Waals surface area contributed by atoms with Crippen LogP contribution >= 0.6 is 0 Å². The van der Waals surface area contributed by atoms with Crippen LogP contribution in [-0.2, 0) is 13.1 Å². The van der Waals surface area contributed by atoms with E-state index >= 15 is 0 Å². The topological polar surface area (TPSA) is 49.0 Å². The van der Waals surface area contributed by atoms with Crippen molar-refractivity contribution in [2.24, 2.45) is 0 Å². The van der Waals surface area contributed by atoms with Crippen LogP contribution in [0.15, 0.2) is 71.8 Å². The van der Waals surface area contributed by atoms with Crippen molar-refractivity contribution in [3.8, 4) is 5.75 Å². The number of pyridine rings is 2. The molecule has 7 heteroatoms. The number of alkyl halides is 2. The Hall–Kier alpha value is -3.74. The third-order valence-corrected chi connectivity index (χ3v) is 5.82. The van der Waals surface area contributed by atoms with E-state index in [0.717, 1.165) is 38.6 Å².